The minimum atomic E-state index is -0.560. The fourth-order valence-corrected chi connectivity index (χ4v) is 5.35. The number of hydrogen-bond acceptors (Lipinski definition) is 9. The molecule has 38 heavy (non-hydrogen) atoms. The lowest BCUT2D eigenvalue weighted by Gasteiger charge is -2.38. The number of nitrogens with one attached hydrogen (secondary N) is 1. The molecule has 12 heteroatoms. The average molecular weight is 551 g/mol. The van der Waals surface area contributed by atoms with Crippen molar-refractivity contribution in [1.29, 1.82) is 0 Å². The Balaban J connectivity index is 1.32. The van der Waals surface area contributed by atoms with E-state index in [0.717, 1.165) is 25.9 Å². The molecule has 0 unspecified atom stereocenters. The largest absolute Gasteiger partial charge is 0.381 e. The number of carbonyl (C=O) groups is 1. The van der Waals surface area contributed by atoms with Gasteiger partial charge in [0.15, 0.2) is 10.8 Å². The quantitative estimate of drug-likeness (QED) is 0.327. The normalized spacial score (nSPS) is 15.0. The number of aromatic nitrogens is 4. The molecule has 1 aromatic carbocycles. The summed E-state index contributed by atoms with van der Waals surface area (Å²) >= 11 is 7.82. The molecule has 5 rings (SSSR count). The Morgan fingerprint density at radius 3 is 2.66 bits per heavy atom. The Labute approximate surface area is 228 Å². The van der Waals surface area contributed by atoms with Crippen molar-refractivity contribution in [2.75, 3.05) is 35.6 Å². The summed E-state index contributed by atoms with van der Waals surface area (Å²) in [6.07, 6.45) is 3.51. The van der Waals surface area contributed by atoms with Gasteiger partial charge in [-0.3, -0.25) is 14.0 Å². The van der Waals surface area contributed by atoms with Crippen LogP contribution in [0.15, 0.2) is 69.4 Å². The third-order valence-electron chi connectivity index (χ3n) is 6.84. The Bertz CT molecular complexity index is 1570. The topological polar surface area (TPSA) is 145 Å². The number of fused-ring (bicyclic) bond motifs is 1. The number of amides is 1. The van der Waals surface area contributed by atoms with Gasteiger partial charge in [-0.05, 0) is 61.2 Å². The zero-order chi connectivity index (χ0) is 26.9. The number of nitrogens with zero attached hydrogens (tertiary/aromatic N) is 5. The van der Waals surface area contributed by atoms with E-state index in [1.54, 1.807) is 42.6 Å². The fourth-order valence-electron chi connectivity index (χ4n) is 4.28. The van der Waals surface area contributed by atoms with Crippen molar-refractivity contribution in [3.8, 4) is 0 Å². The summed E-state index contributed by atoms with van der Waals surface area (Å²) in [6.45, 7) is 4.42. The number of piperidine rings is 1. The molecule has 0 saturated carbocycles. The number of hydrogen-bond donors (Lipinski definition) is 3. The Hall–Kier alpha value is -3.67. The summed E-state index contributed by atoms with van der Waals surface area (Å²) in [4.78, 5) is 32.9. The molecule has 0 spiro atoms. The summed E-state index contributed by atoms with van der Waals surface area (Å²) < 4.78 is 1.42. The fraction of sp³-hybridized carbons (Fsp3) is 0.269. The molecule has 0 radical (unpaired) electrons. The van der Waals surface area contributed by atoms with Crippen LogP contribution < -0.4 is 27.2 Å². The van der Waals surface area contributed by atoms with Gasteiger partial charge in [-0.2, -0.15) is 4.98 Å². The predicted octanol–water partition coefficient (Wildman–Crippen LogP) is 3.69. The van der Waals surface area contributed by atoms with Crippen molar-refractivity contribution in [3.05, 3.63) is 75.7 Å². The van der Waals surface area contributed by atoms with Crippen LogP contribution in [-0.4, -0.2) is 45.1 Å². The van der Waals surface area contributed by atoms with Crippen LogP contribution in [0.25, 0.3) is 5.52 Å². The molecule has 1 fully saturated rings. The molecule has 3 aromatic heterocycles. The van der Waals surface area contributed by atoms with E-state index in [1.807, 2.05) is 6.07 Å². The summed E-state index contributed by atoms with van der Waals surface area (Å²) in [5, 5.41) is 12.0. The molecule has 0 bridgehead atoms. The van der Waals surface area contributed by atoms with E-state index >= 15 is 0 Å². The average Bonchev–Trinajstić information content (AvgIpc) is 2.92. The maximum absolute atomic E-state index is 12.9. The van der Waals surface area contributed by atoms with Crippen molar-refractivity contribution in [1.82, 2.24) is 19.6 Å². The molecule has 1 amide bonds. The molecule has 1 aliphatic heterocycles. The third-order valence-corrected chi connectivity index (χ3v) is 8.40. The molecule has 5 N–H and O–H groups in total. The third kappa shape index (κ3) is 5.17. The molecule has 0 aliphatic carbocycles. The first-order valence-corrected chi connectivity index (χ1v) is 13.3. The Morgan fingerprint density at radius 1 is 1.13 bits per heavy atom. The summed E-state index contributed by atoms with van der Waals surface area (Å²) in [6, 6.07) is 13.7. The van der Waals surface area contributed by atoms with Crippen LogP contribution in [0.3, 0.4) is 0 Å². The van der Waals surface area contributed by atoms with Crippen LogP contribution in [0.1, 0.15) is 30.1 Å². The predicted molar refractivity (Wildman–Crippen MR) is 150 cm³/mol. The Morgan fingerprint density at radius 2 is 1.92 bits per heavy atom. The first kappa shape index (κ1) is 26.0. The van der Waals surface area contributed by atoms with Gasteiger partial charge < -0.3 is 21.7 Å². The summed E-state index contributed by atoms with van der Waals surface area (Å²) in [5.41, 5.74) is 12.9. The first-order valence-electron chi connectivity index (χ1n) is 12.1. The van der Waals surface area contributed by atoms with E-state index in [-0.39, 0.29) is 21.8 Å². The Kier molecular flexibility index (Phi) is 7.24. The second-order valence-corrected chi connectivity index (χ2v) is 10.9. The van der Waals surface area contributed by atoms with Crippen LogP contribution in [-0.2, 0) is 0 Å². The van der Waals surface area contributed by atoms with E-state index in [2.05, 4.69) is 32.3 Å². The van der Waals surface area contributed by atoms with Gasteiger partial charge >= 0.3 is 0 Å². The van der Waals surface area contributed by atoms with Gasteiger partial charge in [0, 0.05) is 29.7 Å². The highest BCUT2D eigenvalue weighted by molar-refractivity contribution is 7.99. The maximum Gasteiger partial charge on any atom is 0.267 e. The summed E-state index contributed by atoms with van der Waals surface area (Å²) in [5.74, 6) is 0.163. The smallest absolute Gasteiger partial charge is 0.267 e. The summed E-state index contributed by atoms with van der Waals surface area (Å²) in [7, 11) is 0. The van der Waals surface area contributed by atoms with Crippen LogP contribution in [0.2, 0.25) is 5.02 Å². The number of carbonyl (C=O) groups excluding carboxylic acids is 1. The molecule has 1 saturated heterocycles. The van der Waals surface area contributed by atoms with Gasteiger partial charge in [-0.25, -0.2) is 0 Å². The van der Waals surface area contributed by atoms with E-state index in [9.17, 15) is 9.59 Å². The number of nitrogens with two attached hydrogens (primary N) is 2. The van der Waals surface area contributed by atoms with Crippen LogP contribution in [0.4, 0.5) is 17.5 Å². The molecule has 0 atom stereocenters. The van der Waals surface area contributed by atoms with Gasteiger partial charge in [-0.1, -0.05) is 42.4 Å². The standard InChI is InChI=1S/C26H27ClN8O2S/c1-26(15-28)10-13-34(14-11-26)25-31-21(29)23(32-33-25)38-19-7-4-6-18(20(19)27)30-22(36)17-9-8-16-5-2-3-12-35(16)24(17)37/h2-9,12H,10-11,13-15,28H2,1H3,(H,30,36)(H2,29,31,33). The molecule has 196 valence electrons. The number of pyridine rings is 2. The highest BCUT2D eigenvalue weighted by Crippen LogP contribution is 2.38. The van der Waals surface area contributed by atoms with Crippen molar-refractivity contribution in [2.24, 2.45) is 11.1 Å². The highest BCUT2D eigenvalue weighted by Gasteiger charge is 2.30. The van der Waals surface area contributed by atoms with E-state index in [4.69, 9.17) is 23.1 Å². The number of nitrogen functional groups attached to an aromatic ring is 1. The minimum absolute atomic E-state index is 0.00205. The first-order chi connectivity index (χ1) is 18.3. The molecule has 4 aromatic rings. The second-order valence-electron chi connectivity index (χ2n) is 9.53. The van der Waals surface area contributed by atoms with Gasteiger partial charge in [0.2, 0.25) is 5.95 Å². The van der Waals surface area contributed by atoms with Crippen molar-refractivity contribution < 1.29 is 4.79 Å². The number of benzene rings is 1. The monoisotopic (exact) mass is 550 g/mol. The van der Waals surface area contributed by atoms with E-state index < -0.39 is 11.5 Å². The zero-order valence-electron chi connectivity index (χ0n) is 20.7. The molecular formula is C26H27ClN8O2S. The number of rotatable bonds is 6. The van der Waals surface area contributed by atoms with Gasteiger partial charge in [0.25, 0.3) is 11.5 Å². The molecule has 4 heterocycles. The van der Waals surface area contributed by atoms with Gasteiger partial charge in [0.05, 0.1) is 10.7 Å². The SMILES string of the molecule is CC1(CN)CCN(c2nnc(Sc3cccc(NC(=O)c4ccc5ccccn5c4=O)c3Cl)c(N)n2)CC1. The van der Waals surface area contributed by atoms with E-state index in [1.165, 1.54) is 22.2 Å². The van der Waals surface area contributed by atoms with Crippen molar-refractivity contribution in [3.63, 3.8) is 0 Å². The molecule has 10 nitrogen and oxygen atoms in total. The van der Waals surface area contributed by atoms with Crippen LogP contribution in [0, 0.1) is 5.41 Å². The van der Waals surface area contributed by atoms with Crippen LogP contribution in [0.5, 0.6) is 0 Å². The number of halogens is 1. The van der Waals surface area contributed by atoms with E-state index in [0.29, 0.717) is 33.6 Å². The maximum atomic E-state index is 12.9. The van der Waals surface area contributed by atoms with Crippen LogP contribution >= 0.6 is 23.4 Å². The highest BCUT2D eigenvalue weighted by atomic mass is 35.5. The van der Waals surface area contributed by atoms with Gasteiger partial charge in [0.1, 0.15) is 5.56 Å². The second kappa shape index (κ2) is 10.6. The number of anilines is 3. The van der Waals surface area contributed by atoms with Gasteiger partial charge in [-0.15, -0.1) is 10.2 Å². The molecule has 1 aliphatic rings. The van der Waals surface area contributed by atoms with Crippen molar-refractivity contribution >= 4 is 52.2 Å². The lowest BCUT2D eigenvalue weighted by Crippen LogP contribution is -2.43. The zero-order valence-corrected chi connectivity index (χ0v) is 22.3. The lowest BCUT2D eigenvalue weighted by molar-refractivity contribution is 0.102. The minimum Gasteiger partial charge on any atom is -0.381 e. The lowest BCUT2D eigenvalue weighted by atomic mass is 9.81. The van der Waals surface area contributed by atoms with Crippen molar-refractivity contribution in [2.45, 2.75) is 29.7 Å². The molecular weight excluding hydrogens is 524 g/mol.